The maximum Gasteiger partial charge on any atom is 0.322 e. The van der Waals surface area contributed by atoms with Gasteiger partial charge in [-0.25, -0.2) is 0 Å². The van der Waals surface area contributed by atoms with Gasteiger partial charge in [-0.2, -0.15) is 0 Å². The van der Waals surface area contributed by atoms with Gasteiger partial charge in [0, 0.05) is 18.8 Å². The Bertz CT molecular complexity index is 1160. The van der Waals surface area contributed by atoms with Gasteiger partial charge in [0.25, 0.3) is 17.4 Å². The zero-order chi connectivity index (χ0) is 24.8. The van der Waals surface area contributed by atoms with Gasteiger partial charge in [0.1, 0.15) is 17.9 Å². The van der Waals surface area contributed by atoms with Crippen LogP contribution < -0.4 is 16.2 Å². The molecule has 34 heavy (non-hydrogen) atoms. The Morgan fingerprint density at radius 2 is 1.68 bits per heavy atom. The molecule has 11 heteroatoms. The smallest absolute Gasteiger partial charge is 0.322 e. The molecule has 0 saturated heterocycles. The van der Waals surface area contributed by atoms with Gasteiger partial charge in [0.15, 0.2) is 0 Å². The van der Waals surface area contributed by atoms with Crippen molar-refractivity contribution in [3.05, 3.63) is 61.5 Å². The molecule has 182 valence electrons. The topological polar surface area (TPSA) is 138 Å². The fraction of sp³-hybridized carbons (Fsp3) is 0.391. The molecule has 4 N–H and O–H groups in total. The Labute approximate surface area is 205 Å². The summed E-state index contributed by atoms with van der Waals surface area (Å²) in [5.74, 6) is -3.89. The number of pyridine rings is 1. The predicted molar refractivity (Wildman–Crippen MR) is 127 cm³/mol. The van der Waals surface area contributed by atoms with Crippen LogP contribution in [0, 0.1) is 0 Å². The van der Waals surface area contributed by atoms with Crippen molar-refractivity contribution in [2.75, 3.05) is 6.54 Å². The van der Waals surface area contributed by atoms with Crippen molar-refractivity contribution in [1.82, 2.24) is 15.2 Å². The number of aromatic hydroxyl groups is 1. The number of aromatic nitrogens is 1. The van der Waals surface area contributed by atoms with E-state index in [9.17, 15) is 24.3 Å². The number of hydrogen-bond donors (Lipinski definition) is 4. The number of carboxylic acid groups (broad SMARTS) is 1. The highest BCUT2D eigenvalue weighted by Gasteiger charge is 2.28. The molecule has 0 bridgehead atoms. The average molecular weight is 510 g/mol. The highest BCUT2D eigenvalue weighted by molar-refractivity contribution is 6.42. The van der Waals surface area contributed by atoms with Crippen molar-refractivity contribution >= 4 is 41.0 Å². The molecule has 0 aliphatic heterocycles. The molecule has 0 spiro atoms. The maximum atomic E-state index is 13.1. The largest absolute Gasteiger partial charge is 0.506 e. The number of carboxylic acids is 1. The molecular formula is C23H25Cl2N3O6. The van der Waals surface area contributed by atoms with Crippen LogP contribution in [0.5, 0.6) is 5.75 Å². The number of amides is 2. The van der Waals surface area contributed by atoms with Crippen LogP contribution in [0.15, 0.2) is 29.2 Å². The molecule has 0 radical (unpaired) electrons. The standard InChI is InChI=1S/C23H25Cl2N3O6/c24-16-8-7-13(9-17(16)25)10-26-21(32)15-12-28(14-5-3-1-2-4-6-14)23(34)19(20(15)31)22(33)27-11-18(29)30/h7-9,12,14,31H,1-6,10-11H2,(H,26,32)(H,27,33)(H,29,30). The lowest BCUT2D eigenvalue weighted by molar-refractivity contribution is -0.135. The SMILES string of the molecule is O=C(O)CNC(=O)c1c(O)c(C(=O)NCc2ccc(Cl)c(Cl)c2)cn(C2CCCCCC2)c1=O. The van der Waals surface area contributed by atoms with Gasteiger partial charge < -0.3 is 25.4 Å². The van der Waals surface area contributed by atoms with Crippen molar-refractivity contribution in [3.8, 4) is 5.75 Å². The van der Waals surface area contributed by atoms with Gasteiger partial charge >= 0.3 is 5.97 Å². The summed E-state index contributed by atoms with van der Waals surface area (Å²) in [6, 6.07) is 4.59. The van der Waals surface area contributed by atoms with Gasteiger partial charge in [-0.1, -0.05) is 55.0 Å². The minimum absolute atomic E-state index is 0.0538. The second-order valence-electron chi connectivity index (χ2n) is 8.13. The van der Waals surface area contributed by atoms with E-state index in [0.29, 0.717) is 28.5 Å². The molecule has 9 nitrogen and oxygen atoms in total. The fourth-order valence-corrected chi connectivity index (χ4v) is 4.29. The number of rotatable bonds is 7. The van der Waals surface area contributed by atoms with E-state index < -0.39 is 41.2 Å². The Morgan fingerprint density at radius 3 is 2.29 bits per heavy atom. The summed E-state index contributed by atoms with van der Waals surface area (Å²) < 4.78 is 1.31. The van der Waals surface area contributed by atoms with Crippen molar-refractivity contribution < 1.29 is 24.6 Å². The highest BCUT2D eigenvalue weighted by Crippen LogP contribution is 2.29. The quantitative estimate of drug-likeness (QED) is 0.421. The lowest BCUT2D eigenvalue weighted by Crippen LogP contribution is -2.38. The highest BCUT2D eigenvalue weighted by atomic mass is 35.5. The van der Waals surface area contributed by atoms with Gasteiger partial charge in [-0.05, 0) is 30.5 Å². The first-order valence-electron chi connectivity index (χ1n) is 10.9. The summed E-state index contributed by atoms with van der Waals surface area (Å²) in [5, 5.41) is 25.0. The van der Waals surface area contributed by atoms with Crippen LogP contribution >= 0.6 is 23.2 Å². The molecule has 0 atom stereocenters. The minimum atomic E-state index is -1.31. The third kappa shape index (κ3) is 6.09. The Hall–Kier alpha value is -3.04. The van der Waals surface area contributed by atoms with Crippen LogP contribution in [0.1, 0.15) is 70.8 Å². The summed E-state index contributed by atoms with van der Waals surface area (Å²) in [7, 11) is 0. The van der Waals surface area contributed by atoms with Crippen LogP contribution in [0.3, 0.4) is 0 Å². The number of aliphatic carboxylic acids is 1. The first-order valence-corrected chi connectivity index (χ1v) is 11.6. The van der Waals surface area contributed by atoms with E-state index in [1.807, 2.05) is 0 Å². The fourth-order valence-electron chi connectivity index (χ4n) is 3.97. The molecule has 1 aromatic heterocycles. The van der Waals surface area contributed by atoms with E-state index in [1.165, 1.54) is 10.8 Å². The summed E-state index contributed by atoms with van der Waals surface area (Å²) >= 11 is 11.9. The normalized spacial score (nSPS) is 14.3. The first-order chi connectivity index (χ1) is 16.2. The molecule has 1 heterocycles. The van der Waals surface area contributed by atoms with Crippen LogP contribution in [0.4, 0.5) is 0 Å². The number of halogens is 2. The number of nitrogens with one attached hydrogen (secondary N) is 2. The molecule has 1 fully saturated rings. The summed E-state index contributed by atoms with van der Waals surface area (Å²) in [6.45, 7) is -0.687. The number of nitrogens with zero attached hydrogens (tertiary/aromatic N) is 1. The van der Waals surface area contributed by atoms with Crippen LogP contribution in [-0.4, -0.2) is 39.1 Å². The molecule has 3 rings (SSSR count). The van der Waals surface area contributed by atoms with E-state index in [4.69, 9.17) is 28.3 Å². The lowest BCUT2D eigenvalue weighted by atomic mass is 10.1. The molecule has 1 aromatic carbocycles. The van der Waals surface area contributed by atoms with E-state index in [1.54, 1.807) is 18.2 Å². The molecule has 2 amide bonds. The van der Waals surface area contributed by atoms with Gasteiger partial charge in [-0.15, -0.1) is 0 Å². The van der Waals surface area contributed by atoms with E-state index in [2.05, 4.69) is 10.6 Å². The average Bonchev–Trinajstić information content (AvgIpc) is 3.08. The maximum absolute atomic E-state index is 13.1. The molecule has 0 unspecified atom stereocenters. The number of carbonyl (C=O) groups is 3. The van der Waals surface area contributed by atoms with Crippen molar-refractivity contribution in [3.63, 3.8) is 0 Å². The van der Waals surface area contributed by atoms with Crippen LogP contribution in [0.2, 0.25) is 10.0 Å². The molecule has 1 aliphatic carbocycles. The van der Waals surface area contributed by atoms with Crippen molar-refractivity contribution in [2.45, 2.75) is 51.1 Å². The number of benzene rings is 1. The van der Waals surface area contributed by atoms with Gasteiger partial charge in [0.05, 0.1) is 15.6 Å². The van der Waals surface area contributed by atoms with Crippen molar-refractivity contribution in [2.24, 2.45) is 0 Å². The predicted octanol–water partition coefficient (Wildman–Crippen LogP) is 3.50. The van der Waals surface area contributed by atoms with Gasteiger partial charge in [0.2, 0.25) is 0 Å². The van der Waals surface area contributed by atoms with Crippen molar-refractivity contribution in [1.29, 1.82) is 0 Å². The van der Waals surface area contributed by atoms with Gasteiger partial charge in [-0.3, -0.25) is 19.2 Å². The second kappa shape index (κ2) is 11.4. The molecule has 1 aliphatic rings. The van der Waals surface area contributed by atoms with Crippen LogP contribution in [0.25, 0.3) is 0 Å². The number of carbonyl (C=O) groups excluding carboxylic acids is 2. The first kappa shape index (κ1) is 25.6. The summed E-state index contributed by atoms with van der Waals surface area (Å²) in [5.41, 5.74) is -1.04. The molecule has 2 aromatic rings. The van der Waals surface area contributed by atoms with Crippen LogP contribution in [-0.2, 0) is 11.3 Å². The third-order valence-corrected chi connectivity index (χ3v) is 6.47. The minimum Gasteiger partial charge on any atom is -0.506 e. The Morgan fingerprint density at radius 1 is 1.00 bits per heavy atom. The zero-order valence-electron chi connectivity index (χ0n) is 18.3. The zero-order valence-corrected chi connectivity index (χ0v) is 19.8. The lowest BCUT2D eigenvalue weighted by Gasteiger charge is -2.21. The van der Waals surface area contributed by atoms with E-state index in [-0.39, 0.29) is 18.2 Å². The van der Waals surface area contributed by atoms with E-state index >= 15 is 0 Å². The Balaban J connectivity index is 1.97. The molecule has 1 saturated carbocycles. The van der Waals surface area contributed by atoms with E-state index in [0.717, 1.165) is 25.7 Å². The molecular weight excluding hydrogens is 485 g/mol. The monoisotopic (exact) mass is 509 g/mol. The summed E-state index contributed by atoms with van der Waals surface area (Å²) in [6.07, 6.45) is 6.45. The third-order valence-electron chi connectivity index (χ3n) is 5.74. The second-order valence-corrected chi connectivity index (χ2v) is 8.95. The Kier molecular flexibility index (Phi) is 8.57. The summed E-state index contributed by atoms with van der Waals surface area (Å²) in [4.78, 5) is 49.6. The number of hydrogen-bond acceptors (Lipinski definition) is 5.